The van der Waals surface area contributed by atoms with Gasteiger partial charge in [0.25, 0.3) is 0 Å². The lowest BCUT2D eigenvalue weighted by Crippen LogP contribution is -2.55. The first-order chi connectivity index (χ1) is 13.9. The number of carboxylic acids is 1. The molecule has 1 aromatic carbocycles. The van der Waals surface area contributed by atoms with Crippen molar-refractivity contribution in [3.8, 4) is 11.5 Å². The lowest BCUT2D eigenvalue weighted by Gasteiger charge is -2.40. The fourth-order valence-electron chi connectivity index (χ4n) is 3.27. The van der Waals surface area contributed by atoms with E-state index in [-0.39, 0.29) is 42.8 Å². The molecule has 1 aromatic heterocycles. The molecule has 1 saturated heterocycles. The largest absolute Gasteiger partial charge is 0.507 e. The molecule has 1 atom stereocenters. The fraction of sp³-hybridized carbons (Fsp3) is 0.471. The SMILES string of the molecule is O=C(O)c1c(OC2CN(C[C@H](CO)n3ccnn3)C2)ccc(CCB(O)O)c1O. The number of hydrogen-bond donors (Lipinski definition) is 5. The summed E-state index contributed by atoms with van der Waals surface area (Å²) >= 11 is 0. The molecule has 11 nitrogen and oxygen atoms in total. The number of nitrogens with zero attached hydrogens (tertiary/aromatic N) is 4. The van der Waals surface area contributed by atoms with Crippen molar-refractivity contribution in [3.63, 3.8) is 0 Å². The predicted molar refractivity (Wildman–Crippen MR) is 101 cm³/mol. The van der Waals surface area contributed by atoms with E-state index >= 15 is 0 Å². The molecule has 2 heterocycles. The van der Waals surface area contributed by atoms with Crippen molar-refractivity contribution in [2.45, 2.75) is 24.9 Å². The predicted octanol–water partition coefficient (Wildman–Crippen LogP) is -1.01. The molecule has 3 rings (SSSR count). The molecule has 0 amide bonds. The van der Waals surface area contributed by atoms with Gasteiger partial charge in [0.05, 0.1) is 18.8 Å². The molecular formula is C17H23BN4O7. The molecule has 1 fully saturated rings. The highest BCUT2D eigenvalue weighted by Crippen LogP contribution is 2.34. The van der Waals surface area contributed by atoms with Crippen LogP contribution in [0.15, 0.2) is 24.5 Å². The summed E-state index contributed by atoms with van der Waals surface area (Å²) in [5.41, 5.74) is -0.0408. The van der Waals surface area contributed by atoms with Gasteiger partial charge in [-0.25, -0.2) is 9.48 Å². The molecule has 156 valence electrons. The first-order valence-electron chi connectivity index (χ1n) is 9.19. The smallest absolute Gasteiger partial charge is 0.451 e. The van der Waals surface area contributed by atoms with Crippen LogP contribution in [0.1, 0.15) is 22.0 Å². The van der Waals surface area contributed by atoms with E-state index in [2.05, 4.69) is 10.3 Å². The van der Waals surface area contributed by atoms with E-state index in [4.69, 9.17) is 14.8 Å². The van der Waals surface area contributed by atoms with Gasteiger partial charge in [-0.3, -0.25) is 4.90 Å². The van der Waals surface area contributed by atoms with Gasteiger partial charge in [0.1, 0.15) is 23.2 Å². The second-order valence-corrected chi connectivity index (χ2v) is 6.95. The van der Waals surface area contributed by atoms with Crippen LogP contribution in [0.2, 0.25) is 6.32 Å². The molecule has 0 spiro atoms. The Labute approximate surface area is 166 Å². The standard InChI is InChI=1S/C17H23BN4O7/c23-10-12(22-6-5-19-20-22)7-21-8-13(9-21)29-14-2-1-11(3-4-18(27)28)16(24)15(14)17(25)26/h1-2,5-6,12-13,23-24,27-28H,3-4,7-10H2,(H,25,26)/t12-/m1/s1. The first-order valence-corrected chi connectivity index (χ1v) is 9.19. The van der Waals surface area contributed by atoms with Crippen molar-refractivity contribution in [1.82, 2.24) is 19.9 Å². The van der Waals surface area contributed by atoms with E-state index in [1.807, 2.05) is 4.90 Å². The molecular weight excluding hydrogens is 383 g/mol. The van der Waals surface area contributed by atoms with Crippen LogP contribution in [0.3, 0.4) is 0 Å². The number of likely N-dealkylation sites (tertiary alicyclic amines) is 1. The molecule has 2 aromatic rings. The zero-order chi connectivity index (χ0) is 21.0. The summed E-state index contributed by atoms with van der Waals surface area (Å²) < 4.78 is 7.34. The van der Waals surface area contributed by atoms with E-state index < -0.39 is 18.8 Å². The molecule has 5 N–H and O–H groups in total. The molecule has 0 unspecified atom stereocenters. The number of aromatic carboxylic acids is 1. The number of aliphatic hydroxyl groups is 1. The number of carboxylic acid groups (broad SMARTS) is 1. The number of benzene rings is 1. The maximum absolute atomic E-state index is 11.6. The molecule has 0 radical (unpaired) electrons. The summed E-state index contributed by atoms with van der Waals surface area (Å²) in [6.45, 7) is 1.51. The van der Waals surface area contributed by atoms with Crippen LogP contribution in [0.25, 0.3) is 0 Å². The number of aryl methyl sites for hydroxylation is 1. The average molecular weight is 406 g/mol. The summed E-state index contributed by atoms with van der Waals surface area (Å²) in [4.78, 5) is 13.6. The Morgan fingerprint density at radius 2 is 2.10 bits per heavy atom. The van der Waals surface area contributed by atoms with Gasteiger partial charge in [-0.1, -0.05) is 11.3 Å². The van der Waals surface area contributed by atoms with E-state index in [1.165, 1.54) is 18.3 Å². The van der Waals surface area contributed by atoms with Crippen molar-refractivity contribution in [1.29, 1.82) is 0 Å². The van der Waals surface area contributed by atoms with Crippen LogP contribution in [-0.2, 0) is 6.42 Å². The van der Waals surface area contributed by atoms with Gasteiger partial charge < -0.3 is 30.1 Å². The normalized spacial score (nSPS) is 15.7. The Kier molecular flexibility index (Phi) is 6.69. The van der Waals surface area contributed by atoms with Crippen LogP contribution in [0.4, 0.5) is 0 Å². The topological polar surface area (TPSA) is 161 Å². The second kappa shape index (κ2) is 9.22. The Bertz CT molecular complexity index is 827. The minimum absolute atomic E-state index is 0.0256. The van der Waals surface area contributed by atoms with Gasteiger partial charge in [0, 0.05) is 25.8 Å². The molecule has 12 heteroatoms. The summed E-state index contributed by atoms with van der Waals surface area (Å²) in [5, 5.41) is 54.8. The molecule has 0 bridgehead atoms. The maximum atomic E-state index is 11.6. The van der Waals surface area contributed by atoms with Gasteiger partial charge in [-0.05, 0) is 24.4 Å². The Morgan fingerprint density at radius 1 is 1.34 bits per heavy atom. The van der Waals surface area contributed by atoms with Crippen LogP contribution in [0, 0.1) is 0 Å². The van der Waals surface area contributed by atoms with Crippen LogP contribution in [0.5, 0.6) is 11.5 Å². The minimum atomic E-state index is -1.54. The molecule has 0 aliphatic carbocycles. The van der Waals surface area contributed by atoms with Crippen LogP contribution in [-0.4, -0.2) is 90.7 Å². The van der Waals surface area contributed by atoms with E-state index in [0.717, 1.165) is 0 Å². The van der Waals surface area contributed by atoms with Crippen molar-refractivity contribution >= 4 is 13.1 Å². The molecule has 1 aliphatic rings. The van der Waals surface area contributed by atoms with Crippen LogP contribution < -0.4 is 4.74 Å². The van der Waals surface area contributed by atoms with Crippen molar-refractivity contribution < 1.29 is 34.9 Å². The lowest BCUT2D eigenvalue weighted by atomic mass is 9.82. The summed E-state index contributed by atoms with van der Waals surface area (Å²) in [6, 6.07) is 2.75. The third-order valence-electron chi connectivity index (χ3n) is 4.82. The Hall–Kier alpha value is -2.67. The number of hydrogen-bond acceptors (Lipinski definition) is 9. The van der Waals surface area contributed by atoms with Crippen molar-refractivity contribution in [2.24, 2.45) is 0 Å². The van der Waals surface area contributed by atoms with E-state index in [0.29, 0.717) is 25.2 Å². The van der Waals surface area contributed by atoms with Gasteiger partial charge in [-0.15, -0.1) is 5.10 Å². The van der Waals surface area contributed by atoms with Gasteiger partial charge in [-0.2, -0.15) is 0 Å². The minimum Gasteiger partial charge on any atom is -0.507 e. The summed E-state index contributed by atoms with van der Waals surface area (Å²) in [5.74, 6) is -1.70. The number of ether oxygens (including phenoxy) is 1. The van der Waals surface area contributed by atoms with Gasteiger partial charge in [0.15, 0.2) is 0 Å². The number of aliphatic hydroxyl groups excluding tert-OH is 1. The molecule has 0 saturated carbocycles. The first kappa shape index (κ1) is 21.1. The molecule has 1 aliphatic heterocycles. The Balaban J connectivity index is 1.61. The number of aromatic hydroxyl groups is 1. The lowest BCUT2D eigenvalue weighted by molar-refractivity contribution is 0.00358. The molecule has 29 heavy (non-hydrogen) atoms. The summed E-state index contributed by atoms with van der Waals surface area (Å²) in [7, 11) is -1.54. The number of rotatable bonds is 10. The quantitative estimate of drug-likeness (QED) is 0.309. The number of aromatic nitrogens is 3. The number of phenols is 1. The monoisotopic (exact) mass is 406 g/mol. The zero-order valence-electron chi connectivity index (χ0n) is 15.6. The third-order valence-corrected chi connectivity index (χ3v) is 4.82. The van der Waals surface area contributed by atoms with Crippen LogP contribution >= 0.6 is 0 Å². The van der Waals surface area contributed by atoms with E-state index in [9.17, 15) is 20.1 Å². The third kappa shape index (κ3) is 5.04. The highest BCUT2D eigenvalue weighted by atomic mass is 16.5. The maximum Gasteiger partial charge on any atom is 0.451 e. The highest BCUT2D eigenvalue weighted by molar-refractivity contribution is 6.41. The summed E-state index contributed by atoms with van der Waals surface area (Å²) in [6.07, 6.45) is 3.05. The van der Waals surface area contributed by atoms with Crippen molar-refractivity contribution in [3.05, 3.63) is 35.7 Å². The highest BCUT2D eigenvalue weighted by Gasteiger charge is 2.32. The number of carbonyl (C=O) groups is 1. The zero-order valence-corrected chi connectivity index (χ0v) is 15.6. The second-order valence-electron chi connectivity index (χ2n) is 6.95. The average Bonchev–Trinajstić information content (AvgIpc) is 3.16. The van der Waals surface area contributed by atoms with Gasteiger partial charge >= 0.3 is 13.1 Å². The van der Waals surface area contributed by atoms with Crippen molar-refractivity contribution in [2.75, 3.05) is 26.2 Å². The van der Waals surface area contributed by atoms with Gasteiger partial charge in [0.2, 0.25) is 0 Å². The van der Waals surface area contributed by atoms with E-state index in [1.54, 1.807) is 10.9 Å². The fourth-order valence-corrected chi connectivity index (χ4v) is 3.27. The Morgan fingerprint density at radius 3 is 2.69 bits per heavy atom.